The molecule has 7 N–H and O–H groups in total. The van der Waals surface area contributed by atoms with E-state index in [4.69, 9.17) is 52.7 Å². The maximum Gasteiger partial charge on any atom is 1.00 e. The molecule has 0 saturated carbocycles. The van der Waals surface area contributed by atoms with Crippen LogP contribution in [0.4, 0.5) is 49.5 Å². The molecule has 0 radical (unpaired) electrons. The van der Waals surface area contributed by atoms with Crippen molar-refractivity contribution in [3.8, 4) is 23.5 Å². The smallest absolute Gasteiger partial charge is 0.548 e. The number of nitrogens with zero attached hydrogens (tertiary/aromatic N) is 11. The number of aliphatic hydroxyl groups is 2. The number of carbonyl (C=O) groups excluding carboxylic acids is 5. The molecule has 5 fully saturated rings. The molecule has 37 nitrogen and oxygen atoms in total. The number of fused-ring (bicyclic) bond motifs is 4. The normalized spacial score (nSPS) is 19.1. The number of hydrogen-bond donors (Lipinski definition) is 7. The fourth-order valence-corrected chi connectivity index (χ4v) is 15.1. The van der Waals surface area contributed by atoms with E-state index in [0.29, 0.717) is 51.8 Å². The number of esters is 1. The summed E-state index contributed by atoms with van der Waals surface area (Å²) in [4.78, 5) is 120. The predicted molar refractivity (Wildman–Crippen MR) is 500 cm³/mol. The van der Waals surface area contributed by atoms with Crippen LogP contribution in [0.3, 0.4) is 0 Å². The number of nitrogens with one attached hydrogen (secondary N) is 2. The Morgan fingerprint density at radius 2 is 0.819 bits per heavy atom. The number of carbonyl (C=O) groups is 7. The molecule has 0 bridgehead atoms. The van der Waals surface area contributed by atoms with E-state index in [1.165, 1.54) is 25.3 Å². The summed E-state index contributed by atoms with van der Waals surface area (Å²) in [5.74, 6) is -19.9. The van der Waals surface area contributed by atoms with Gasteiger partial charge in [0, 0.05) is 57.2 Å². The molecule has 5 aromatic carbocycles. The van der Waals surface area contributed by atoms with Crippen molar-refractivity contribution >= 4 is 96.4 Å². The Morgan fingerprint density at radius 3 is 1.11 bits per heavy atom. The molecule has 5 aliphatic rings. The fourth-order valence-electron chi connectivity index (χ4n) is 14.6. The summed E-state index contributed by atoms with van der Waals surface area (Å²) in [5.41, 5.74) is -1.88. The minimum Gasteiger partial charge on any atom is -0.548 e. The number of para-hydroxylation sites is 8. The van der Waals surface area contributed by atoms with Gasteiger partial charge in [0.1, 0.15) is 59.3 Å². The van der Waals surface area contributed by atoms with Gasteiger partial charge in [0.25, 0.3) is 22.0 Å². The molecule has 4 aromatic heterocycles. The van der Waals surface area contributed by atoms with Crippen molar-refractivity contribution in [2.75, 3.05) is 53.1 Å². The van der Waals surface area contributed by atoms with Gasteiger partial charge < -0.3 is 83.6 Å². The third kappa shape index (κ3) is 33.9. The van der Waals surface area contributed by atoms with Crippen LogP contribution in [0.1, 0.15) is 157 Å². The molecule has 0 aliphatic carbocycles. The van der Waals surface area contributed by atoms with E-state index in [0.717, 1.165) is 38.5 Å². The predicted octanol–water partition coefficient (Wildman–Crippen LogP) is 10.5. The van der Waals surface area contributed by atoms with E-state index in [1.54, 1.807) is 165 Å². The third-order valence-corrected chi connectivity index (χ3v) is 21.7. The fraction of sp³-hybridized carbons (Fsp3) is 0.474. The second-order valence-corrected chi connectivity index (χ2v) is 38.5. The number of aliphatic carboxylic acids is 3. The van der Waals surface area contributed by atoms with Gasteiger partial charge in [-0.25, -0.2) is 63.8 Å². The molecule has 5 saturated heterocycles. The molecule has 5 aliphatic heterocycles. The molecule has 776 valence electrons. The van der Waals surface area contributed by atoms with Gasteiger partial charge in [0.05, 0.1) is 114 Å². The van der Waals surface area contributed by atoms with Gasteiger partial charge in [-0.1, -0.05) is 112 Å². The average molecular weight is 2060 g/mol. The number of benzene rings is 5. The molecular formula is C97H116F8N13NaO24S. The minimum atomic E-state index is -4.02. The molecule has 9 aromatic rings. The number of halogens is 8. The van der Waals surface area contributed by atoms with Gasteiger partial charge in [-0.05, 0) is 142 Å². The monoisotopic (exact) mass is 2050 g/mol. The van der Waals surface area contributed by atoms with Gasteiger partial charge in [-0.2, -0.15) is 43.5 Å². The van der Waals surface area contributed by atoms with E-state index < -0.39 is 214 Å². The van der Waals surface area contributed by atoms with Crippen molar-refractivity contribution in [1.82, 2.24) is 65.2 Å². The number of amides is 3. The van der Waals surface area contributed by atoms with E-state index in [-0.39, 0.29) is 115 Å². The molecule has 9 heterocycles. The number of carboxylic acids is 3. The number of carboxylic acid groups (broad SMARTS) is 3. The number of ether oxygens (including phenoxy) is 9. The molecule has 47 heteroatoms. The van der Waals surface area contributed by atoms with Crippen LogP contribution in [0.25, 0.3) is 44.1 Å². The van der Waals surface area contributed by atoms with E-state index in [1.807, 2.05) is 6.92 Å². The molecule has 9 atom stereocenters. The van der Waals surface area contributed by atoms with Crippen LogP contribution < -0.4 is 64.2 Å². The Hall–Kier alpha value is -12.3. The second kappa shape index (κ2) is 50.0. The van der Waals surface area contributed by atoms with Crippen molar-refractivity contribution < 1.29 is 179 Å². The Morgan fingerprint density at radius 1 is 0.507 bits per heavy atom. The quantitative estimate of drug-likeness (QED) is 0.00478. The number of aliphatic hydroxyl groups excluding tert-OH is 2. The number of likely N-dealkylation sites (tertiary alicyclic amines) is 3. The molecule has 144 heavy (non-hydrogen) atoms. The molecular weight excluding hydrogens is 1940 g/mol. The van der Waals surface area contributed by atoms with Gasteiger partial charge in [-0.3, -0.25) is 24.0 Å². The zero-order chi connectivity index (χ0) is 106. The average Bonchev–Trinajstić information content (AvgIpc) is 1.33. The molecule has 14 rings (SSSR count). The summed E-state index contributed by atoms with van der Waals surface area (Å²) in [6, 6.07) is 28.8. The van der Waals surface area contributed by atoms with Crippen LogP contribution >= 0.6 is 0 Å². The number of allylic oxidation sites excluding steroid dienone is 3. The van der Waals surface area contributed by atoms with E-state index >= 15 is 8.78 Å². The van der Waals surface area contributed by atoms with Crippen LogP contribution in [0.2, 0.25) is 0 Å². The second-order valence-electron chi connectivity index (χ2n) is 37.0. The van der Waals surface area contributed by atoms with Crippen molar-refractivity contribution in [1.29, 1.82) is 0 Å². The Bertz CT molecular complexity index is 6150. The van der Waals surface area contributed by atoms with Gasteiger partial charge in [0.2, 0.25) is 23.5 Å². The zero-order valence-corrected chi connectivity index (χ0v) is 84.8. The first-order valence-electron chi connectivity index (χ1n) is 45.2. The first-order valence-corrected chi connectivity index (χ1v) is 46.6. The van der Waals surface area contributed by atoms with Crippen molar-refractivity contribution in [3.63, 3.8) is 0 Å². The largest absolute Gasteiger partial charge is 1.00 e. The number of epoxide rings is 1. The summed E-state index contributed by atoms with van der Waals surface area (Å²) in [6.45, 7) is 27.5. The number of methoxy groups -OCH3 is 1. The molecule has 0 spiro atoms. The summed E-state index contributed by atoms with van der Waals surface area (Å²) >= 11 is 0. The molecule has 1 unspecified atom stereocenters. The minimum absolute atomic E-state index is 0. The van der Waals surface area contributed by atoms with Crippen LogP contribution in [0.15, 0.2) is 163 Å². The van der Waals surface area contributed by atoms with Crippen molar-refractivity contribution in [2.45, 2.75) is 248 Å². The summed E-state index contributed by atoms with van der Waals surface area (Å²) in [6.07, 6.45) is -3.90. The van der Waals surface area contributed by atoms with E-state index in [9.17, 15) is 83.6 Å². The number of rotatable bonds is 27. The van der Waals surface area contributed by atoms with Gasteiger partial charge in [-0.15, -0.1) is 6.58 Å². The summed E-state index contributed by atoms with van der Waals surface area (Å²) < 4.78 is 196. The number of aromatic nitrogens is 8. The Kier molecular flexibility index (Phi) is 40.6. The first-order chi connectivity index (χ1) is 66.8. The number of alkyl halides is 8. The Labute approximate surface area is 846 Å². The van der Waals surface area contributed by atoms with Crippen LogP contribution in [0, 0.1) is 6.92 Å². The van der Waals surface area contributed by atoms with E-state index in [2.05, 4.69) is 89.5 Å². The van der Waals surface area contributed by atoms with Gasteiger partial charge in [0.15, 0.2) is 22.8 Å². The van der Waals surface area contributed by atoms with Crippen molar-refractivity contribution in [2.24, 2.45) is 0 Å². The van der Waals surface area contributed by atoms with Crippen LogP contribution in [0.5, 0.6) is 23.5 Å². The van der Waals surface area contributed by atoms with Crippen molar-refractivity contribution in [3.05, 3.63) is 187 Å². The Balaban J connectivity index is 0.000000221. The number of aryl methyl sites for hydroxylation is 1. The third-order valence-electron chi connectivity index (χ3n) is 20.8. The number of hydrogen-bond acceptors (Lipinski definition) is 31. The zero-order valence-electron chi connectivity index (χ0n) is 82.0. The van der Waals surface area contributed by atoms with Crippen LogP contribution in [-0.4, -0.2) is 267 Å². The van der Waals surface area contributed by atoms with Gasteiger partial charge >= 0.3 is 77.6 Å². The standard InChI is InChI=1S/2C22H25F2N3O6.C22H25F2N3O5.C18H19F2N3O4.C7H8O3S.C6H15N.Na/c1-21(2,3)33-20(30)27-10-12(8-16(27)19(28)29)32-18-17(22(23,24)9-13-11-31-13)25-14-6-4-5-7-15(14)26-18;1-21(2,3)33-20(31)27-12-13(11-16(27)19(29)30)32-18-17(22(23,24)9-6-10-28)25-14-7-4-5-8-15(14)26-18;1-5-10-22(23,24)17-18(26-15-9-7-6-8-14(15)25-17)31-13-11-16(19(28)29)27(12-13)20(30)32-21(2,3)4;1-26-17(25)14-9-11(10-21-14)27-16-15(18(19,20)7-4-8-24)22-12-5-2-3-6-13(12)23-16;1-6-2-4-7(5-3-6)11(8,9)10;1-5(2)7-6(3)4;/h4-7,12-13,16H,8-11H2,1-3H3,(H,28,29);4-9,13,16,28H,10-12H2,1-3H3,(H,29,30);5-9,13,16H,1,10-12H2,2-4H3,(H,28,29);2-7,11,14,21,24H,8-10H2,1H3;2-5H,1H3,(H,8,9,10);5-7H,1-4H3;/q;;;;;;+1/p-1/b;9-6+;;7-4+;;;/t12-,13?,16+;2*13-,16+;11-,14+;;;/m1111.../s1. The summed E-state index contributed by atoms with van der Waals surface area (Å²) in [5, 5.41) is 54.7. The SMILES string of the molecule is C=CCC(F)(F)c1nc2ccccc2nc1O[C@@H]1C[C@@H](C(=O)O)N(C(=O)OC(C)(C)C)C1.CC(C)(C)OC(=O)N1C[C@H](Oc2nc3ccccc3nc2C(F)(F)/C=C/CO)C[C@H]1C(=O)O.CC(C)(C)OC(=O)N1C[C@H](Oc2nc3ccccc3nc2C(F)(F)CC2CO2)C[C@H]1C(=O)[O-].CC(C)NC(C)C.COC(=O)[C@@H]1C[C@@H](Oc2nc3ccccc3nc2C(F)(F)/C=C/CO)CN1.Cc1ccc(S(=O)(=O)O)cc1.[Na+]. The molecule has 3 amide bonds. The summed E-state index contributed by atoms with van der Waals surface area (Å²) in [7, 11) is -2.74. The van der Waals surface area contributed by atoms with Crippen LogP contribution in [-0.2, 0) is 76.7 Å². The first kappa shape index (κ1) is 117. The maximum absolute atomic E-state index is 15.1. The topological polar surface area (TPSA) is 501 Å². The maximum atomic E-state index is 15.1.